The number of amides is 1. The number of hydrogen-bond donors (Lipinski definition) is 1. The van der Waals surface area contributed by atoms with Gasteiger partial charge in [-0.2, -0.15) is 5.10 Å². The van der Waals surface area contributed by atoms with Crippen molar-refractivity contribution < 1.29 is 9.18 Å². The summed E-state index contributed by atoms with van der Waals surface area (Å²) in [5, 5.41) is 7.35. The van der Waals surface area contributed by atoms with E-state index in [2.05, 4.69) is 26.3 Å². The van der Waals surface area contributed by atoms with Crippen molar-refractivity contribution in [1.29, 1.82) is 0 Å². The molecular weight excluding hydrogens is 397 g/mol. The lowest BCUT2D eigenvalue weighted by Crippen LogP contribution is -2.35. The Kier molecular flexibility index (Phi) is 4.15. The van der Waals surface area contributed by atoms with Gasteiger partial charge in [-0.3, -0.25) is 4.79 Å². The van der Waals surface area contributed by atoms with Gasteiger partial charge in [-0.25, -0.2) is 9.07 Å². The highest BCUT2D eigenvalue weighted by Crippen LogP contribution is 2.46. The summed E-state index contributed by atoms with van der Waals surface area (Å²) in [6.45, 7) is 1.77. The summed E-state index contributed by atoms with van der Waals surface area (Å²) in [5.41, 5.74) is 2.17. The molecule has 0 spiro atoms. The largest absolute Gasteiger partial charge is 0.342 e. The van der Waals surface area contributed by atoms with Gasteiger partial charge in [0, 0.05) is 4.47 Å². The number of hydrogen-bond acceptors (Lipinski definition) is 2. The molecule has 26 heavy (non-hydrogen) atoms. The molecule has 1 aliphatic rings. The molecule has 2 aromatic carbocycles. The Bertz CT molecular complexity index is 977. The molecule has 132 valence electrons. The second kappa shape index (κ2) is 6.36. The zero-order chi connectivity index (χ0) is 18.3. The van der Waals surface area contributed by atoms with E-state index < -0.39 is 0 Å². The quantitative estimate of drug-likeness (QED) is 0.684. The molecule has 0 saturated heterocycles. The van der Waals surface area contributed by atoms with Crippen molar-refractivity contribution in [1.82, 2.24) is 15.1 Å². The van der Waals surface area contributed by atoms with Crippen LogP contribution in [-0.2, 0) is 5.54 Å². The third-order valence-corrected chi connectivity index (χ3v) is 5.36. The Hall–Kier alpha value is -2.47. The molecular formula is C20H17BrFN3O. The summed E-state index contributed by atoms with van der Waals surface area (Å²) >= 11 is 3.43. The lowest BCUT2D eigenvalue weighted by Gasteiger charge is -2.18. The van der Waals surface area contributed by atoms with Crippen LogP contribution in [0, 0.1) is 12.7 Å². The number of para-hydroxylation sites is 1. The Morgan fingerprint density at radius 1 is 1.19 bits per heavy atom. The van der Waals surface area contributed by atoms with Crippen molar-refractivity contribution in [2.75, 3.05) is 0 Å². The van der Waals surface area contributed by atoms with Gasteiger partial charge in [0.1, 0.15) is 11.5 Å². The van der Waals surface area contributed by atoms with Gasteiger partial charge in [0.2, 0.25) is 0 Å². The number of nitrogens with zero attached hydrogens (tertiary/aromatic N) is 2. The Balaban J connectivity index is 1.60. The van der Waals surface area contributed by atoms with E-state index in [0.29, 0.717) is 16.9 Å². The lowest BCUT2D eigenvalue weighted by atomic mass is 10.0. The minimum absolute atomic E-state index is 0.189. The van der Waals surface area contributed by atoms with Gasteiger partial charge in [0.25, 0.3) is 5.91 Å². The molecule has 1 N–H and O–H groups in total. The highest BCUT2D eigenvalue weighted by molar-refractivity contribution is 9.10. The molecule has 1 saturated carbocycles. The molecule has 0 radical (unpaired) electrons. The van der Waals surface area contributed by atoms with Crippen molar-refractivity contribution in [3.8, 4) is 5.69 Å². The summed E-state index contributed by atoms with van der Waals surface area (Å²) in [6.07, 6.45) is 3.30. The van der Waals surface area contributed by atoms with Crippen LogP contribution >= 0.6 is 15.9 Å². The Morgan fingerprint density at radius 3 is 2.54 bits per heavy atom. The van der Waals surface area contributed by atoms with Gasteiger partial charge in [0.05, 0.1) is 23.0 Å². The van der Waals surface area contributed by atoms with Gasteiger partial charge >= 0.3 is 0 Å². The van der Waals surface area contributed by atoms with Crippen LogP contribution < -0.4 is 5.32 Å². The summed E-state index contributed by atoms with van der Waals surface area (Å²) in [4.78, 5) is 12.8. The van der Waals surface area contributed by atoms with Gasteiger partial charge in [-0.05, 0) is 49.6 Å². The number of nitrogens with one attached hydrogen (secondary N) is 1. The average molecular weight is 414 g/mol. The summed E-state index contributed by atoms with van der Waals surface area (Å²) < 4.78 is 16.5. The highest BCUT2D eigenvalue weighted by Gasteiger charge is 2.46. The summed E-state index contributed by atoms with van der Waals surface area (Å²) in [6, 6.07) is 14.4. The molecule has 1 heterocycles. The summed E-state index contributed by atoms with van der Waals surface area (Å²) in [7, 11) is 0. The molecule has 3 aromatic rings. The van der Waals surface area contributed by atoms with E-state index in [4.69, 9.17) is 0 Å². The van der Waals surface area contributed by atoms with Crippen molar-refractivity contribution in [2.24, 2.45) is 0 Å². The fourth-order valence-corrected chi connectivity index (χ4v) is 3.43. The third kappa shape index (κ3) is 2.94. The highest BCUT2D eigenvalue weighted by atomic mass is 79.9. The number of carbonyl (C=O) groups is 1. The molecule has 1 aliphatic carbocycles. The molecule has 1 fully saturated rings. The van der Waals surface area contributed by atoms with Crippen LogP contribution in [0.25, 0.3) is 5.69 Å². The van der Waals surface area contributed by atoms with Crippen LogP contribution in [0.2, 0.25) is 0 Å². The van der Waals surface area contributed by atoms with E-state index in [-0.39, 0.29) is 17.3 Å². The molecule has 1 amide bonds. The van der Waals surface area contributed by atoms with E-state index in [0.717, 1.165) is 22.9 Å². The molecule has 0 aliphatic heterocycles. The fourth-order valence-electron chi connectivity index (χ4n) is 3.16. The zero-order valence-electron chi connectivity index (χ0n) is 14.2. The standard InChI is InChI=1S/C20H17BrFN3O/c1-13-16(12-23-25(13)18-5-3-2-4-17(18)22)19(26)24-20(10-11-20)14-6-8-15(21)9-7-14/h2-9,12H,10-11H2,1H3,(H,24,26). The first-order chi connectivity index (χ1) is 12.5. The second-order valence-electron chi connectivity index (χ2n) is 6.55. The first-order valence-electron chi connectivity index (χ1n) is 8.38. The number of aromatic nitrogens is 2. The smallest absolute Gasteiger partial charge is 0.255 e. The van der Waals surface area contributed by atoms with Crippen LogP contribution in [0.4, 0.5) is 4.39 Å². The van der Waals surface area contributed by atoms with E-state index in [9.17, 15) is 9.18 Å². The predicted molar refractivity (Wildman–Crippen MR) is 101 cm³/mol. The number of halogens is 2. The van der Waals surface area contributed by atoms with Crippen molar-refractivity contribution in [3.63, 3.8) is 0 Å². The Morgan fingerprint density at radius 2 is 1.88 bits per heavy atom. The van der Waals surface area contributed by atoms with E-state index in [1.165, 1.54) is 16.9 Å². The van der Waals surface area contributed by atoms with E-state index in [1.54, 1.807) is 25.1 Å². The van der Waals surface area contributed by atoms with Crippen molar-refractivity contribution in [2.45, 2.75) is 25.3 Å². The van der Waals surface area contributed by atoms with Crippen LogP contribution in [0.15, 0.2) is 59.2 Å². The van der Waals surface area contributed by atoms with Gasteiger partial charge in [-0.15, -0.1) is 0 Å². The minimum atomic E-state index is -0.376. The van der Waals surface area contributed by atoms with Crippen LogP contribution in [0.3, 0.4) is 0 Å². The normalized spacial score (nSPS) is 14.9. The topological polar surface area (TPSA) is 46.9 Å². The second-order valence-corrected chi connectivity index (χ2v) is 7.47. The predicted octanol–water partition coefficient (Wildman–Crippen LogP) is 4.50. The van der Waals surface area contributed by atoms with Gasteiger partial charge in [0.15, 0.2) is 0 Å². The summed E-state index contributed by atoms with van der Waals surface area (Å²) in [5.74, 6) is -0.565. The molecule has 0 bridgehead atoms. The number of carbonyl (C=O) groups excluding carboxylic acids is 1. The maximum absolute atomic E-state index is 14.0. The number of rotatable bonds is 4. The maximum Gasteiger partial charge on any atom is 0.255 e. The fraction of sp³-hybridized carbons (Fsp3) is 0.200. The number of benzene rings is 2. The molecule has 6 heteroatoms. The molecule has 0 unspecified atom stereocenters. The van der Waals surface area contributed by atoms with Gasteiger partial charge < -0.3 is 5.32 Å². The first-order valence-corrected chi connectivity index (χ1v) is 9.17. The van der Waals surface area contributed by atoms with Crippen molar-refractivity contribution in [3.05, 3.63) is 81.8 Å². The third-order valence-electron chi connectivity index (χ3n) is 4.83. The maximum atomic E-state index is 14.0. The SMILES string of the molecule is Cc1c(C(=O)NC2(c3ccc(Br)cc3)CC2)cnn1-c1ccccc1F. The first kappa shape index (κ1) is 17.0. The van der Waals surface area contributed by atoms with Crippen molar-refractivity contribution >= 4 is 21.8 Å². The monoisotopic (exact) mass is 413 g/mol. The Labute approximate surface area is 159 Å². The lowest BCUT2D eigenvalue weighted by molar-refractivity contribution is 0.0930. The van der Waals surface area contributed by atoms with Crippen LogP contribution in [-0.4, -0.2) is 15.7 Å². The molecule has 4 nitrogen and oxygen atoms in total. The van der Waals surface area contributed by atoms with Crippen LogP contribution in [0.1, 0.15) is 34.5 Å². The van der Waals surface area contributed by atoms with E-state index >= 15 is 0 Å². The zero-order valence-corrected chi connectivity index (χ0v) is 15.8. The van der Waals surface area contributed by atoms with E-state index in [1.807, 2.05) is 24.3 Å². The molecule has 4 rings (SSSR count). The molecule has 1 aromatic heterocycles. The van der Waals surface area contributed by atoms with Crippen LogP contribution in [0.5, 0.6) is 0 Å². The molecule has 0 atom stereocenters. The minimum Gasteiger partial charge on any atom is -0.342 e. The van der Waals surface area contributed by atoms with Gasteiger partial charge in [-0.1, -0.05) is 40.2 Å². The average Bonchev–Trinajstić information content (AvgIpc) is 3.30.